The van der Waals surface area contributed by atoms with Gasteiger partial charge in [-0.25, -0.2) is 0 Å². The van der Waals surface area contributed by atoms with Crippen molar-refractivity contribution in [1.82, 2.24) is 4.90 Å². The molecule has 0 bridgehead atoms. The summed E-state index contributed by atoms with van der Waals surface area (Å²) in [6.45, 7) is 13.3. The highest BCUT2D eigenvalue weighted by atomic mass is 35.5. The molecule has 1 saturated heterocycles. The van der Waals surface area contributed by atoms with Crippen LogP contribution >= 0.6 is 11.6 Å². The highest BCUT2D eigenvalue weighted by molar-refractivity contribution is 6.30. The second-order valence-corrected chi connectivity index (χ2v) is 14.4. The molecule has 6 nitrogen and oxygen atoms in total. The summed E-state index contributed by atoms with van der Waals surface area (Å²) in [7, 11) is 0. The summed E-state index contributed by atoms with van der Waals surface area (Å²) in [6.07, 6.45) is 1.30. The number of halogens is 1. The number of anilines is 1. The van der Waals surface area contributed by atoms with Crippen molar-refractivity contribution in [3.63, 3.8) is 0 Å². The molecule has 0 aromatic heterocycles. The zero-order chi connectivity index (χ0) is 31.5. The Bertz CT molecular complexity index is 1630. The van der Waals surface area contributed by atoms with Crippen LogP contribution in [0.15, 0.2) is 90.0 Å². The third-order valence-corrected chi connectivity index (χ3v) is 9.10. The van der Waals surface area contributed by atoms with Gasteiger partial charge in [0.05, 0.1) is 12.2 Å². The van der Waals surface area contributed by atoms with E-state index in [0.717, 1.165) is 28.0 Å². The summed E-state index contributed by atoms with van der Waals surface area (Å²) in [6, 6.07) is 25.4. The van der Waals surface area contributed by atoms with Crippen molar-refractivity contribution < 1.29 is 19.1 Å². The molecule has 44 heavy (non-hydrogen) atoms. The van der Waals surface area contributed by atoms with Crippen LogP contribution in [0.3, 0.4) is 0 Å². The minimum atomic E-state index is -1.52. The molecule has 3 heterocycles. The first kappa shape index (κ1) is 30.6. The molecule has 0 aliphatic carbocycles. The van der Waals surface area contributed by atoms with Crippen molar-refractivity contribution in [2.24, 2.45) is 5.41 Å². The quantitative estimate of drug-likeness (QED) is 0.261. The Morgan fingerprint density at radius 1 is 0.886 bits per heavy atom. The van der Waals surface area contributed by atoms with Crippen molar-refractivity contribution in [2.75, 3.05) is 11.5 Å². The maximum atomic E-state index is 14.7. The molecule has 0 radical (unpaired) electrons. The predicted molar refractivity (Wildman–Crippen MR) is 173 cm³/mol. The molecule has 2 amide bonds. The van der Waals surface area contributed by atoms with Crippen molar-refractivity contribution in [3.8, 4) is 0 Å². The molecule has 6 rings (SSSR count). The SMILES string of the molecule is CCO[C@@]12O[C@]3(CC1=C(Cc1ccc(Cl)cc1)C(=O)N2C(C)(C)CC(C)(C)C)C(=O)N(Cc1ccccc1)c1ccccc13. The van der Waals surface area contributed by atoms with Crippen LogP contribution in [-0.4, -0.2) is 34.8 Å². The van der Waals surface area contributed by atoms with Crippen LogP contribution in [0.1, 0.15) is 71.1 Å². The first-order chi connectivity index (χ1) is 20.8. The molecule has 0 unspecified atom stereocenters. The van der Waals surface area contributed by atoms with E-state index in [2.05, 4.69) is 34.6 Å². The number of ether oxygens (including phenoxy) is 2. The van der Waals surface area contributed by atoms with Gasteiger partial charge in [-0.1, -0.05) is 93.0 Å². The topological polar surface area (TPSA) is 59.1 Å². The zero-order valence-electron chi connectivity index (χ0n) is 26.4. The minimum absolute atomic E-state index is 0.0885. The van der Waals surface area contributed by atoms with Crippen molar-refractivity contribution in [1.29, 1.82) is 0 Å². The van der Waals surface area contributed by atoms with Gasteiger partial charge in [0.1, 0.15) is 0 Å². The van der Waals surface area contributed by atoms with E-state index in [1.165, 1.54) is 0 Å². The lowest BCUT2D eigenvalue weighted by Gasteiger charge is -2.48. The molecular formula is C37H41ClN2O4. The second-order valence-electron chi connectivity index (χ2n) is 14.0. The minimum Gasteiger partial charge on any atom is -0.329 e. The Labute approximate surface area is 265 Å². The lowest BCUT2D eigenvalue weighted by molar-refractivity contribution is -0.308. The number of para-hydroxylation sites is 1. The highest BCUT2D eigenvalue weighted by Crippen LogP contribution is 2.61. The Hall–Kier alpha value is -3.45. The van der Waals surface area contributed by atoms with Crippen molar-refractivity contribution in [2.45, 2.75) is 84.4 Å². The van der Waals surface area contributed by atoms with Gasteiger partial charge in [0, 0.05) is 46.7 Å². The maximum Gasteiger partial charge on any atom is 0.281 e. The molecule has 0 N–H and O–H groups in total. The number of amides is 2. The number of nitrogens with zero attached hydrogens (tertiary/aromatic N) is 2. The molecule has 230 valence electrons. The van der Waals surface area contributed by atoms with E-state index in [-0.39, 0.29) is 23.7 Å². The first-order valence-corrected chi connectivity index (χ1v) is 15.8. The molecule has 3 aromatic rings. The highest BCUT2D eigenvalue weighted by Gasteiger charge is 2.71. The molecule has 0 saturated carbocycles. The summed E-state index contributed by atoms with van der Waals surface area (Å²) in [4.78, 5) is 33.0. The van der Waals surface area contributed by atoms with Crippen LogP contribution in [0.2, 0.25) is 5.02 Å². The van der Waals surface area contributed by atoms with Crippen LogP contribution in [0.4, 0.5) is 5.69 Å². The molecule has 1 fully saturated rings. The van der Waals surface area contributed by atoms with E-state index in [4.69, 9.17) is 21.1 Å². The number of benzene rings is 3. The maximum absolute atomic E-state index is 14.7. The van der Waals surface area contributed by atoms with Crippen molar-refractivity contribution >= 4 is 29.1 Å². The Morgan fingerprint density at radius 2 is 1.55 bits per heavy atom. The van der Waals surface area contributed by atoms with Crippen molar-refractivity contribution in [3.05, 3.63) is 112 Å². The van der Waals surface area contributed by atoms with Crippen LogP contribution < -0.4 is 4.90 Å². The van der Waals surface area contributed by atoms with E-state index in [9.17, 15) is 9.59 Å². The Morgan fingerprint density at radius 3 is 2.20 bits per heavy atom. The predicted octanol–water partition coefficient (Wildman–Crippen LogP) is 7.79. The van der Waals surface area contributed by atoms with Gasteiger partial charge in [-0.2, -0.15) is 0 Å². The number of hydrogen-bond donors (Lipinski definition) is 0. The number of hydrogen-bond acceptors (Lipinski definition) is 4. The largest absolute Gasteiger partial charge is 0.329 e. The number of carbonyl (C=O) groups excluding carboxylic acids is 2. The summed E-state index contributed by atoms with van der Waals surface area (Å²) in [5.74, 6) is -1.78. The zero-order valence-corrected chi connectivity index (χ0v) is 27.2. The first-order valence-electron chi connectivity index (χ1n) is 15.4. The summed E-state index contributed by atoms with van der Waals surface area (Å²) in [5, 5.41) is 0.635. The molecule has 3 aromatic carbocycles. The lowest BCUT2D eigenvalue weighted by atomic mass is 9.80. The molecule has 7 heteroatoms. The number of fused-ring (bicyclic) bond motifs is 3. The van der Waals surface area contributed by atoms with Crippen LogP contribution in [0.25, 0.3) is 0 Å². The van der Waals surface area contributed by atoms with Gasteiger partial charge in [-0.3, -0.25) is 14.5 Å². The average Bonchev–Trinajstić information content (AvgIpc) is 3.48. The molecule has 1 spiro atoms. The van der Waals surface area contributed by atoms with E-state index in [0.29, 0.717) is 36.6 Å². The molecule has 3 aliphatic rings. The smallest absolute Gasteiger partial charge is 0.281 e. The van der Waals surface area contributed by atoms with Gasteiger partial charge < -0.3 is 14.4 Å². The third kappa shape index (κ3) is 4.97. The van der Waals surface area contributed by atoms with Gasteiger partial charge >= 0.3 is 0 Å². The van der Waals surface area contributed by atoms with Gasteiger partial charge in [-0.15, -0.1) is 0 Å². The Kier molecular flexibility index (Phi) is 7.55. The van der Waals surface area contributed by atoms with Crippen LogP contribution in [0, 0.1) is 5.41 Å². The monoisotopic (exact) mass is 612 g/mol. The summed E-state index contributed by atoms with van der Waals surface area (Å²) in [5.41, 5.74) is 2.86. The molecule has 2 atom stereocenters. The third-order valence-electron chi connectivity index (χ3n) is 8.85. The molecule has 3 aliphatic heterocycles. The standard InChI is InChI=1S/C37H41ClN2O4/c1-7-43-37-30(28(21-25-17-19-27(38)20-18-25)32(41)40(37)35(5,6)24-34(2,3)4)22-36(44-37)29-15-11-12-16-31(29)39(33(36)42)23-26-13-9-8-10-14-26/h8-20H,7,21-24H2,1-6H3/t36-,37+/m0/s1. The van der Waals surface area contributed by atoms with Crippen LogP contribution in [-0.2, 0) is 37.6 Å². The summed E-state index contributed by atoms with van der Waals surface area (Å²) >= 11 is 6.20. The fourth-order valence-corrected chi connectivity index (χ4v) is 7.80. The van der Waals surface area contributed by atoms with Gasteiger partial charge in [0.25, 0.3) is 17.7 Å². The average molecular weight is 613 g/mol. The van der Waals surface area contributed by atoms with E-state index in [1.54, 1.807) is 4.90 Å². The van der Waals surface area contributed by atoms with Crippen LogP contribution in [0.5, 0.6) is 0 Å². The lowest BCUT2D eigenvalue weighted by Crippen LogP contribution is -2.61. The molecular weight excluding hydrogens is 572 g/mol. The van der Waals surface area contributed by atoms with Gasteiger partial charge in [-0.05, 0) is 61.9 Å². The van der Waals surface area contributed by atoms with Gasteiger partial charge in [0.15, 0.2) is 5.60 Å². The summed E-state index contributed by atoms with van der Waals surface area (Å²) < 4.78 is 13.8. The van der Waals surface area contributed by atoms with E-state index < -0.39 is 17.1 Å². The fraction of sp³-hybridized carbons (Fsp3) is 0.405. The number of rotatable bonds is 8. The fourth-order valence-electron chi connectivity index (χ4n) is 7.67. The van der Waals surface area contributed by atoms with Gasteiger partial charge in [0.2, 0.25) is 0 Å². The second kappa shape index (κ2) is 10.9. The van der Waals surface area contributed by atoms with E-state index in [1.807, 2.05) is 90.7 Å². The number of carbonyl (C=O) groups is 2. The van der Waals surface area contributed by atoms with E-state index >= 15 is 0 Å². The normalized spacial score (nSPS) is 23.2. The Balaban J connectivity index is 1.52.